The van der Waals surface area contributed by atoms with E-state index in [-0.39, 0.29) is 0 Å². The second kappa shape index (κ2) is 7.90. The van der Waals surface area contributed by atoms with Gasteiger partial charge in [-0.2, -0.15) is 0 Å². The first kappa shape index (κ1) is 16.4. The van der Waals surface area contributed by atoms with E-state index in [1.807, 2.05) is 24.3 Å². The Kier molecular flexibility index (Phi) is 5.90. The molecule has 0 amide bonds. The van der Waals surface area contributed by atoms with Gasteiger partial charge in [0.1, 0.15) is 12.1 Å². The van der Waals surface area contributed by atoms with Crippen molar-refractivity contribution in [3.63, 3.8) is 0 Å². The first-order chi connectivity index (χ1) is 10.6. The van der Waals surface area contributed by atoms with Crippen molar-refractivity contribution < 1.29 is 0 Å². The molecule has 0 fully saturated rings. The van der Waals surface area contributed by atoms with Crippen molar-refractivity contribution in [2.75, 3.05) is 11.9 Å². The van der Waals surface area contributed by atoms with Crippen molar-refractivity contribution in [1.29, 1.82) is 0 Å². The molecular formula is C18H20BrN3. The molecule has 0 bridgehead atoms. The quantitative estimate of drug-likeness (QED) is 0.715. The van der Waals surface area contributed by atoms with Crippen LogP contribution in [0.4, 0.5) is 5.82 Å². The Balaban J connectivity index is 2.07. The van der Waals surface area contributed by atoms with Crippen LogP contribution in [0, 0.1) is 0 Å². The maximum Gasteiger partial charge on any atom is 0.137 e. The molecule has 0 atom stereocenters. The smallest absolute Gasteiger partial charge is 0.137 e. The van der Waals surface area contributed by atoms with Crippen LogP contribution in [0.2, 0.25) is 0 Å². The number of rotatable bonds is 6. The maximum absolute atomic E-state index is 4.32. The van der Waals surface area contributed by atoms with Gasteiger partial charge in [0.25, 0.3) is 0 Å². The van der Waals surface area contributed by atoms with Gasteiger partial charge in [-0.05, 0) is 37.1 Å². The Hall–Kier alpha value is -1.94. The van der Waals surface area contributed by atoms with E-state index in [0.29, 0.717) is 6.54 Å². The van der Waals surface area contributed by atoms with Gasteiger partial charge in [-0.3, -0.25) is 0 Å². The molecule has 22 heavy (non-hydrogen) atoms. The SMILES string of the molecule is C=C(/C=C\C(C)=C\CC)CNc1ncnc2ccc(Br)cc12. The summed E-state index contributed by atoms with van der Waals surface area (Å²) < 4.78 is 1.01. The van der Waals surface area contributed by atoms with Crippen molar-refractivity contribution >= 4 is 32.7 Å². The molecule has 0 spiro atoms. The number of allylic oxidation sites excluding steroid dienone is 3. The van der Waals surface area contributed by atoms with Crippen LogP contribution in [0.5, 0.6) is 0 Å². The molecule has 1 aromatic heterocycles. The largest absolute Gasteiger partial charge is 0.365 e. The minimum absolute atomic E-state index is 0.647. The Morgan fingerprint density at radius 2 is 2.14 bits per heavy atom. The lowest BCUT2D eigenvalue weighted by atomic mass is 10.2. The number of aromatic nitrogens is 2. The minimum Gasteiger partial charge on any atom is -0.365 e. The summed E-state index contributed by atoms with van der Waals surface area (Å²) in [5.74, 6) is 0.821. The summed E-state index contributed by atoms with van der Waals surface area (Å²) in [6.45, 7) is 8.94. The Morgan fingerprint density at radius 3 is 2.91 bits per heavy atom. The number of hydrogen-bond donors (Lipinski definition) is 1. The van der Waals surface area contributed by atoms with Gasteiger partial charge in [-0.15, -0.1) is 0 Å². The molecule has 2 rings (SSSR count). The lowest BCUT2D eigenvalue weighted by Crippen LogP contribution is -2.05. The molecule has 2 aromatic rings. The van der Waals surface area contributed by atoms with Gasteiger partial charge < -0.3 is 5.32 Å². The van der Waals surface area contributed by atoms with Gasteiger partial charge in [0, 0.05) is 16.4 Å². The second-order valence-corrected chi connectivity index (χ2v) is 6.00. The monoisotopic (exact) mass is 357 g/mol. The third kappa shape index (κ3) is 4.53. The highest BCUT2D eigenvalue weighted by Gasteiger charge is 2.03. The van der Waals surface area contributed by atoms with Crippen molar-refractivity contribution in [3.05, 3.63) is 65.0 Å². The fourth-order valence-electron chi connectivity index (χ4n) is 2.07. The fourth-order valence-corrected chi connectivity index (χ4v) is 2.43. The predicted molar refractivity (Wildman–Crippen MR) is 98.1 cm³/mol. The molecule has 3 nitrogen and oxygen atoms in total. The second-order valence-electron chi connectivity index (χ2n) is 5.09. The average molecular weight is 358 g/mol. The molecule has 0 radical (unpaired) electrons. The zero-order valence-corrected chi connectivity index (χ0v) is 14.5. The lowest BCUT2D eigenvalue weighted by Gasteiger charge is -2.08. The van der Waals surface area contributed by atoms with E-state index in [9.17, 15) is 0 Å². The highest BCUT2D eigenvalue weighted by Crippen LogP contribution is 2.23. The molecule has 0 saturated heterocycles. The first-order valence-corrected chi connectivity index (χ1v) is 8.06. The van der Waals surface area contributed by atoms with Gasteiger partial charge in [0.05, 0.1) is 5.52 Å². The summed E-state index contributed by atoms with van der Waals surface area (Å²) in [6.07, 6.45) is 8.93. The minimum atomic E-state index is 0.647. The van der Waals surface area contributed by atoms with E-state index < -0.39 is 0 Å². The molecule has 0 aliphatic heterocycles. The van der Waals surface area contributed by atoms with E-state index in [1.54, 1.807) is 6.33 Å². The highest BCUT2D eigenvalue weighted by molar-refractivity contribution is 9.10. The van der Waals surface area contributed by atoms with Crippen LogP contribution in [0.1, 0.15) is 20.3 Å². The number of nitrogens with zero attached hydrogens (tertiary/aromatic N) is 2. The number of fused-ring (bicyclic) bond motifs is 1. The molecule has 0 aliphatic carbocycles. The molecule has 1 N–H and O–H groups in total. The molecule has 0 unspecified atom stereocenters. The Morgan fingerprint density at radius 1 is 1.32 bits per heavy atom. The summed E-state index contributed by atoms with van der Waals surface area (Å²) in [6, 6.07) is 5.97. The van der Waals surface area contributed by atoms with Crippen LogP contribution >= 0.6 is 15.9 Å². The van der Waals surface area contributed by atoms with Gasteiger partial charge in [0.2, 0.25) is 0 Å². The van der Waals surface area contributed by atoms with Crippen molar-refractivity contribution in [1.82, 2.24) is 9.97 Å². The molecule has 114 valence electrons. The van der Waals surface area contributed by atoms with Gasteiger partial charge >= 0.3 is 0 Å². The van der Waals surface area contributed by atoms with Crippen molar-refractivity contribution in [3.8, 4) is 0 Å². The molecule has 1 heterocycles. The normalized spacial score (nSPS) is 12.0. The van der Waals surface area contributed by atoms with Crippen LogP contribution in [0.25, 0.3) is 10.9 Å². The standard InChI is InChI=1S/C18H20BrN3/c1-4-5-13(2)6-7-14(3)11-20-18-16-10-15(19)8-9-17(16)21-12-22-18/h5-10,12H,3-4,11H2,1-2H3,(H,20,21,22)/b7-6-,13-5+. The van der Waals surface area contributed by atoms with Crippen LogP contribution < -0.4 is 5.32 Å². The van der Waals surface area contributed by atoms with Gasteiger partial charge in [-0.25, -0.2) is 9.97 Å². The lowest BCUT2D eigenvalue weighted by molar-refractivity contribution is 1.16. The predicted octanol–water partition coefficient (Wildman–Crippen LogP) is 5.27. The maximum atomic E-state index is 4.32. The van der Waals surface area contributed by atoms with Gasteiger partial charge in [-0.1, -0.05) is 53.2 Å². The third-order valence-electron chi connectivity index (χ3n) is 3.19. The molecular weight excluding hydrogens is 338 g/mol. The zero-order chi connectivity index (χ0) is 15.9. The first-order valence-electron chi connectivity index (χ1n) is 7.27. The summed E-state index contributed by atoms with van der Waals surface area (Å²) in [5, 5.41) is 4.32. The summed E-state index contributed by atoms with van der Waals surface area (Å²) >= 11 is 3.48. The van der Waals surface area contributed by atoms with Crippen LogP contribution in [-0.2, 0) is 0 Å². The number of anilines is 1. The molecule has 1 aromatic carbocycles. The summed E-state index contributed by atoms with van der Waals surface area (Å²) in [4.78, 5) is 8.60. The topological polar surface area (TPSA) is 37.8 Å². The number of hydrogen-bond acceptors (Lipinski definition) is 3. The Bertz CT molecular complexity index is 732. The van der Waals surface area contributed by atoms with Crippen LogP contribution in [-0.4, -0.2) is 16.5 Å². The summed E-state index contributed by atoms with van der Waals surface area (Å²) in [7, 11) is 0. The molecule has 0 aliphatic rings. The number of benzene rings is 1. The number of halogens is 1. The molecule has 0 saturated carbocycles. The Labute approximate surface area is 140 Å². The number of nitrogens with one attached hydrogen (secondary N) is 1. The van der Waals surface area contributed by atoms with E-state index in [0.717, 1.165) is 33.2 Å². The summed E-state index contributed by atoms with van der Waals surface area (Å²) in [5.41, 5.74) is 3.18. The van der Waals surface area contributed by atoms with Gasteiger partial charge in [0.15, 0.2) is 0 Å². The molecule has 4 heteroatoms. The van der Waals surface area contributed by atoms with E-state index >= 15 is 0 Å². The highest BCUT2D eigenvalue weighted by atomic mass is 79.9. The van der Waals surface area contributed by atoms with Crippen LogP contribution in [0.15, 0.2) is 65.0 Å². The van der Waals surface area contributed by atoms with Crippen LogP contribution in [0.3, 0.4) is 0 Å². The van der Waals surface area contributed by atoms with Crippen molar-refractivity contribution in [2.24, 2.45) is 0 Å². The zero-order valence-electron chi connectivity index (χ0n) is 12.9. The fraction of sp³-hybridized carbons (Fsp3) is 0.222. The third-order valence-corrected chi connectivity index (χ3v) is 3.68. The van der Waals surface area contributed by atoms with E-state index in [4.69, 9.17) is 0 Å². The average Bonchev–Trinajstić information content (AvgIpc) is 2.51. The van der Waals surface area contributed by atoms with Crippen molar-refractivity contribution in [2.45, 2.75) is 20.3 Å². The van der Waals surface area contributed by atoms with E-state index in [1.165, 1.54) is 5.57 Å². The van der Waals surface area contributed by atoms with E-state index in [2.05, 4.69) is 63.8 Å².